The summed E-state index contributed by atoms with van der Waals surface area (Å²) >= 11 is 0.936. The van der Waals surface area contributed by atoms with E-state index in [-0.39, 0.29) is 11.1 Å². The molecule has 7 nitrogen and oxygen atoms in total. The molecule has 1 spiro atoms. The van der Waals surface area contributed by atoms with E-state index in [9.17, 15) is 18.8 Å². The molecule has 2 aromatic carbocycles. The zero-order valence-corrected chi connectivity index (χ0v) is 17.2. The number of nitrogens with one attached hydrogen (secondary N) is 1. The largest absolute Gasteiger partial charge is 0.308 e. The van der Waals surface area contributed by atoms with Gasteiger partial charge in [-0.1, -0.05) is 30.3 Å². The molecular weight excluding hydrogens is 407 g/mol. The minimum atomic E-state index is -1.59. The lowest BCUT2D eigenvalue weighted by molar-refractivity contribution is -0.139. The van der Waals surface area contributed by atoms with E-state index in [1.807, 2.05) is 30.3 Å². The number of amidine groups is 1. The molecule has 0 aromatic heterocycles. The van der Waals surface area contributed by atoms with Gasteiger partial charge >= 0.3 is 0 Å². The number of nitrogens with zero attached hydrogens (tertiary/aromatic N) is 3. The molecule has 0 bridgehead atoms. The van der Waals surface area contributed by atoms with Gasteiger partial charge in [0.2, 0.25) is 16.7 Å². The van der Waals surface area contributed by atoms with Gasteiger partial charge in [-0.3, -0.25) is 14.4 Å². The van der Waals surface area contributed by atoms with Gasteiger partial charge in [0, 0.05) is 26.0 Å². The highest BCUT2D eigenvalue weighted by Crippen LogP contribution is 2.54. The molecule has 30 heavy (non-hydrogen) atoms. The Bertz CT molecular complexity index is 1080. The smallest absolute Gasteiger partial charge is 0.270 e. The molecule has 2 aliphatic heterocycles. The third-order valence-electron chi connectivity index (χ3n) is 4.93. The Balaban J connectivity index is 1.75. The van der Waals surface area contributed by atoms with Crippen molar-refractivity contribution < 1.29 is 18.8 Å². The lowest BCUT2D eigenvalue weighted by Crippen LogP contribution is -2.49. The van der Waals surface area contributed by atoms with Gasteiger partial charge in [-0.2, -0.15) is 5.01 Å². The van der Waals surface area contributed by atoms with Crippen LogP contribution in [-0.4, -0.2) is 34.4 Å². The van der Waals surface area contributed by atoms with Crippen molar-refractivity contribution in [2.24, 2.45) is 5.10 Å². The molecular formula is C21H19FN4O3S. The molecule has 154 valence electrons. The summed E-state index contributed by atoms with van der Waals surface area (Å²) in [5.74, 6) is -1.80. The van der Waals surface area contributed by atoms with E-state index in [1.165, 1.54) is 32.0 Å². The number of fused-ring (bicyclic) bond motifs is 2. The van der Waals surface area contributed by atoms with Crippen LogP contribution in [0.25, 0.3) is 0 Å². The van der Waals surface area contributed by atoms with Gasteiger partial charge < -0.3 is 10.2 Å². The third kappa shape index (κ3) is 3.24. The number of carbonyl (C=O) groups excluding carboxylic acids is 3. The van der Waals surface area contributed by atoms with Crippen molar-refractivity contribution in [2.75, 3.05) is 11.4 Å². The Morgan fingerprint density at radius 2 is 1.90 bits per heavy atom. The van der Waals surface area contributed by atoms with Crippen LogP contribution in [0.4, 0.5) is 10.1 Å². The number of thioether (sulfide) groups is 1. The van der Waals surface area contributed by atoms with Crippen LogP contribution in [0.15, 0.2) is 53.6 Å². The van der Waals surface area contributed by atoms with E-state index < -0.39 is 22.5 Å². The van der Waals surface area contributed by atoms with E-state index in [4.69, 9.17) is 0 Å². The van der Waals surface area contributed by atoms with Crippen molar-refractivity contribution in [3.05, 3.63) is 65.5 Å². The molecule has 3 amide bonds. The number of benzene rings is 2. The summed E-state index contributed by atoms with van der Waals surface area (Å²) in [6.45, 7) is 2.94. The van der Waals surface area contributed by atoms with Crippen LogP contribution < -0.4 is 10.2 Å². The summed E-state index contributed by atoms with van der Waals surface area (Å²) in [5.41, 5.74) is 1.91. The number of amides is 3. The highest BCUT2D eigenvalue weighted by atomic mass is 32.2. The third-order valence-corrected chi connectivity index (χ3v) is 6.17. The van der Waals surface area contributed by atoms with Crippen LogP contribution >= 0.6 is 11.8 Å². The Labute approximate surface area is 176 Å². The van der Waals surface area contributed by atoms with Gasteiger partial charge in [0.1, 0.15) is 5.82 Å². The highest BCUT2D eigenvalue weighted by molar-refractivity contribution is 8.15. The van der Waals surface area contributed by atoms with Crippen molar-refractivity contribution in [1.29, 1.82) is 0 Å². The molecule has 0 aliphatic carbocycles. The van der Waals surface area contributed by atoms with Crippen LogP contribution in [-0.2, 0) is 25.7 Å². The maximum Gasteiger partial charge on any atom is 0.270 e. The van der Waals surface area contributed by atoms with Crippen molar-refractivity contribution in [2.45, 2.75) is 25.1 Å². The summed E-state index contributed by atoms with van der Waals surface area (Å²) in [5, 5.41) is 7.84. The maximum absolute atomic E-state index is 14.2. The molecule has 0 fully saturated rings. The number of hydrogen-bond donors (Lipinski definition) is 1. The Hall–Kier alpha value is -3.20. The highest BCUT2D eigenvalue weighted by Gasteiger charge is 2.61. The van der Waals surface area contributed by atoms with Gasteiger partial charge in [0.15, 0.2) is 5.17 Å². The van der Waals surface area contributed by atoms with E-state index in [1.54, 1.807) is 4.90 Å². The average Bonchev–Trinajstić information content (AvgIpc) is 3.18. The normalized spacial score (nSPS) is 19.8. The molecule has 0 saturated heterocycles. The second kappa shape index (κ2) is 7.56. The molecule has 2 aliphatic rings. The summed E-state index contributed by atoms with van der Waals surface area (Å²) in [6, 6.07) is 13.8. The van der Waals surface area contributed by atoms with Crippen molar-refractivity contribution >= 4 is 40.3 Å². The number of rotatable bonds is 3. The Morgan fingerprint density at radius 3 is 2.57 bits per heavy atom. The fourth-order valence-electron chi connectivity index (χ4n) is 3.69. The van der Waals surface area contributed by atoms with Gasteiger partial charge in [0.05, 0.1) is 5.69 Å². The van der Waals surface area contributed by atoms with Crippen LogP contribution in [0.3, 0.4) is 0 Å². The van der Waals surface area contributed by atoms with Crippen LogP contribution in [0.2, 0.25) is 0 Å². The van der Waals surface area contributed by atoms with Gasteiger partial charge in [-0.05, 0) is 41.9 Å². The summed E-state index contributed by atoms with van der Waals surface area (Å²) in [6.07, 6.45) is 0.587. The molecule has 2 heterocycles. The maximum atomic E-state index is 14.2. The van der Waals surface area contributed by atoms with E-state index in [2.05, 4.69) is 10.4 Å². The van der Waals surface area contributed by atoms with Crippen LogP contribution in [0.5, 0.6) is 0 Å². The first-order valence-corrected chi connectivity index (χ1v) is 10.2. The second-order valence-corrected chi connectivity index (χ2v) is 8.20. The predicted octanol–water partition coefficient (Wildman–Crippen LogP) is 2.57. The van der Waals surface area contributed by atoms with Crippen molar-refractivity contribution in [3.63, 3.8) is 0 Å². The van der Waals surface area contributed by atoms with Gasteiger partial charge in [0.25, 0.3) is 5.91 Å². The number of hydrazone groups is 1. The fourth-order valence-corrected chi connectivity index (χ4v) is 5.02. The lowest BCUT2D eigenvalue weighted by Gasteiger charge is -2.29. The molecule has 2 aromatic rings. The molecule has 0 radical (unpaired) electrons. The van der Waals surface area contributed by atoms with E-state index in [0.717, 1.165) is 22.3 Å². The molecule has 9 heteroatoms. The van der Waals surface area contributed by atoms with Crippen LogP contribution in [0, 0.1) is 5.82 Å². The molecule has 4 rings (SSSR count). The Morgan fingerprint density at radius 1 is 1.17 bits per heavy atom. The number of anilines is 1. The number of halogens is 1. The summed E-state index contributed by atoms with van der Waals surface area (Å²) in [7, 11) is 0. The summed E-state index contributed by atoms with van der Waals surface area (Å²) < 4.78 is 14.2. The molecule has 1 N–H and O–H groups in total. The van der Waals surface area contributed by atoms with Gasteiger partial charge in [-0.25, -0.2) is 4.39 Å². The van der Waals surface area contributed by atoms with Crippen LogP contribution in [0.1, 0.15) is 25.0 Å². The number of carbonyl (C=O) groups is 3. The fraction of sp³-hybridized carbons (Fsp3) is 0.238. The predicted molar refractivity (Wildman–Crippen MR) is 112 cm³/mol. The zero-order valence-electron chi connectivity index (χ0n) is 16.4. The van der Waals surface area contributed by atoms with Crippen molar-refractivity contribution in [1.82, 2.24) is 10.3 Å². The minimum Gasteiger partial charge on any atom is -0.308 e. The quantitative estimate of drug-likeness (QED) is 0.818. The monoisotopic (exact) mass is 426 g/mol. The summed E-state index contributed by atoms with van der Waals surface area (Å²) in [4.78, 5) is 37.5. The minimum absolute atomic E-state index is 0.117. The number of hydrogen-bond acceptors (Lipinski definition) is 5. The first-order chi connectivity index (χ1) is 14.3. The van der Waals surface area contributed by atoms with E-state index >= 15 is 0 Å². The van der Waals surface area contributed by atoms with Crippen molar-refractivity contribution in [3.8, 4) is 0 Å². The van der Waals surface area contributed by atoms with Gasteiger partial charge in [-0.15, -0.1) is 5.10 Å². The molecule has 0 saturated carbocycles. The molecule has 0 unspecified atom stereocenters. The SMILES string of the molecule is CC(=O)NC1=NN(C(C)=O)[C@@]2(S1)C(=O)N(CCc1ccccc1)c1ccc(F)cc12. The first-order valence-electron chi connectivity index (χ1n) is 9.35. The molecule has 1 atom stereocenters. The first kappa shape index (κ1) is 20.1. The zero-order chi connectivity index (χ0) is 21.5. The average molecular weight is 426 g/mol. The Kier molecular flexibility index (Phi) is 5.07. The van der Waals surface area contributed by atoms with E-state index in [0.29, 0.717) is 24.2 Å². The topological polar surface area (TPSA) is 82.1 Å². The standard InChI is InChI=1S/C21H19FN4O3S/c1-13(27)23-20-24-26(14(2)28)21(30-20)17-12-16(22)8-9-18(17)25(19(21)29)11-10-15-6-4-3-5-7-15/h3-9,12H,10-11H2,1-2H3,(H,23,24,27)/t21-/m0/s1. The second-order valence-electron chi connectivity index (χ2n) is 7.02. The lowest BCUT2D eigenvalue weighted by atomic mass is 10.1.